The van der Waals surface area contributed by atoms with Crippen molar-refractivity contribution < 1.29 is 0 Å². The fourth-order valence-corrected chi connectivity index (χ4v) is 0.582. The van der Waals surface area contributed by atoms with E-state index in [9.17, 15) is 0 Å². The van der Waals surface area contributed by atoms with Gasteiger partial charge in [-0.3, -0.25) is 4.99 Å². The summed E-state index contributed by atoms with van der Waals surface area (Å²) in [5.41, 5.74) is 5.49. The van der Waals surface area contributed by atoms with Crippen LogP contribution in [0.25, 0.3) is 0 Å². The molecule has 11 heavy (non-hydrogen) atoms. The number of aliphatic imine (C=N–C) groups is 1. The molecule has 0 aliphatic rings. The predicted octanol–water partition coefficient (Wildman–Crippen LogP) is 0.322. The molecule has 0 saturated carbocycles. The molecule has 0 spiro atoms. The first-order valence-corrected chi connectivity index (χ1v) is 3.66. The highest BCUT2D eigenvalue weighted by Crippen LogP contribution is 1.79. The van der Waals surface area contributed by atoms with E-state index in [1.165, 1.54) is 0 Å². The van der Waals surface area contributed by atoms with Crippen LogP contribution in [0.15, 0.2) is 4.99 Å². The second-order valence-electron chi connectivity index (χ2n) is 2.52. The Kier molecular flexibility index (Phi) is 5.01. The third-order valence-electron chi connectivity index (χ3n) is 0.975. The summed E-state index contributed by atoms with van der Waals surface area (Å²) in [6.07, 6.45) is 5.67. The van der Waals surface area contributed by atoms with Gasteiger partial charge in [-0.2, -0.15) is 0 Å². The van der Waals surface area contributed by atoms with Gasteiger partial charge < -0.3 is 11.1 Å². The molecular formula is C8H15N3. The van der Waals surface area contributed by atoms with Crippen LogP contribution in [0.2, 0.25) is 0 Å². The van der Waals surface area contributed by atoms with Gasteiger partial charge in [0.05, 0.1) is 6.54 Å². The first-order chi connectivity index (χ1) is 5.16. The third-order valence-corrected chi connectivity index (χ3v) is 0.975. The molecule has 0 aromatic rings. The van der Waals surface area contributed by atoms with Crippen LogP contribution in [0.4, 0.5) is 0 Å². The number of guanidine groups is 1. The van der Waals surface area contributed by atoms with Crippen LogP contribution in [0.3, 0.4) is 0 Å². The SMILES string of the molecule is C#CCCN=C(N)NC(C)C. The average Bonchev–Trinajstić information content (AvgIpc) is 1.86. The molecule has 0 aromatic carbocycles. The van der Waals surface area contributed by atoms with Crippen molar-refractivity contribution in [2.24, 2.45) is 10.7 Å². The molecule has 0 radical (unpaired) electrons. The van der Waals surface area contributed by atoms with E-state index >= 15 is 0 Å². The second-order valence-corrected chi connectivity index (χ2v) is 2.52. The number of nitrogens with zero attached hydrogens (tertiary/aromatic N) is 1. The van der Waals surface area contributed by atoms with Crippen molar-refractivity contribution in [3.8, 4) is 12.3 Å². The Morgan fingerprint density at radius 3 is 2.82 bits per heavy atom. The summed E-state index contributed by atoms with van der Waals surface area (Å²) in [5.74, 6) is 2.95. The lowest BCUT2D eigenvalue weighted by Gasteiger charge is -2.07. The highest BCUT2D eigenvalue weighted by molar-refractivity contribution is 5.78. The largest absolute Gasteiger partial charge is 0.370 e. The Morgan fingerprint density at radius 2 is 2.36 bits per heavy atom. The van der Waals surface area contributed by atoms with E-state index in [0.717, 1.165) is 0 Å². The molecule has 0 saturated heterocycles. The highest BCUT2D eigenvalue weighted by atomic mass is 15.1. The van der Waals surface area contributed by atoms with Crippen LogP contribution in [-0.4, -0.2) is 18.5 Å². The molecule has 0 bridgehead atoms. The molecule has 0 unspecified atom stereocenters. The standard InChI is InChI=1S/C8H15N3/c1-4-5-6-10-8(9)11-7(2)3/h1,7H,5-6H2,2-3H3,(H3,9,10,11). The third kappa shape index (κ3) is 6.72. The summed E-state index contributed by atoms with van der Waals surface area (Å²) < 4.78 is 0. The van der Waals surface area contributed by atoms with Crippen molar-refractivity contribution in [3.05, 3.63) is 0 Å². The van der Waals surface area contributed by atoms with E-state index in [2.05, 4.69) is 16.2 Å². The quantitative estimate of drug-likeness (QED) is 0.265. The summed E-state index contributed by atoms with van der Waals surface area (Å²) in [6, 6.07) is 0.324. The highest BCUT2D eigenvalue weighted by Gasteiger charge is 1.92. The van der Waals surface area contributed by atoms with E-state index in [1.54, 1.807) is 0 Å². The van der Waals surface area contributed by atoms with Gasteiger partial charge in [0.2, 0.25) is 0 Å². The first-order valence-electron chi connectivity index (χ1n) is 3.66. The smallest absolute Gasteiger partial charge is 0.188 e. The van der Waals surface area contributed by atoms with Gasteiger partial charge in [0, 0.05) is 12.5 Å². The van der Waals surface area contributed by atoms with Crippen LogP contribution in [0.5, 0.6) is 0 Å². The van der Waals surface area contributed by atoms with Gasteiger partial charge in [0.25, 0.3) is 0 Å². The Morgan fingerprint density at radius 1 is 1.73 bits per heavy atom. The fraction of sp³-hybridized carbons (Fsp3) is 0.625. The minimum Gasteiger partial charge on any atom is -0.370 e. The Bertz CT molecular complexity index is 165. The lowest BCUT2D eigenvalue weighted by Crippen LogP contribution is -2.36. The van der Waals surface area contributed by atoms with Crippen molar-refractivity contribution in [2.45, 2.75) is 26.3 Å². The number of nitrogens with two attached hydrogens (primary N) is 1. The van der Waals surface area contributed by atoms with Crippen molar-refractivity contribution >= 4 is 5.96 Å². The molecule has 3 N–H and O–H groups in total. The predicted molar refractivity (Wildman–Crippen MR) is 48.2 cm³/mol. The molecule has 0 aliphatic heterocycles. The number of terminal acetylenes is 1. The Hall–Kier alpha value is -1.17. The number of hydrogen-bond acceptors (Lipinski definition) is 1. The summed E-state index contributed by atoms with van der Waals surface area (Å²) in [5, 5.41) is 2.96. The molecule has 3 heteroatoms. The number of nitrogens with one attached hydrogen (secondary N) is 1. The van der Waals surface area contributed by atoms with Gasteiger partial charge in [0.1, 0.15) is 0 Å². The van der Waals surface area contributed by atoms with Gasteiger partial charge in [-0.1, -0.05) is 0 Å². The van der Waals surface area contributed by atoms with E-state index in [4.69, 9.17) is 12.2 Å². The molecule has 0 atom stereocenters. The van der Waals surface area contributed by atoms with Crippen LogP contribution in [-0.2, 0) is 0 Å². The fourth-order valence-electron chi connectivity index (χ4n) is 0.582. The summed E-state index contributed by atoms with van der Waals surface area (Å²) in [7, 11) is 0. The molecule has 0 amide bonds. The minimum absolute atomic E-state index is 0.324. The lowest BCUT2D eigenvalue weighted by molar-refractivity contribution is 0.724. The Labute approximate surface area is 68.1 Å². The molecule has 0 fully saturated rings. The maximum atomic E-state index is 5.49. The van der Waals surface area contributed by atoms with Crippen LogP contribution in [0.1, 0.15) is 20.3 Å². The Balaban J connectivity index is 3.56. The maximum Gasteiger partial charge on any atom is 0.188 e. The molecule has 3 nitrogen and oxygen atoms in total. The van der Waals surface area contributed by atoms with Crippen LogP contribution < -0.4 is 11.1 Å². The van der Waals surface area contributed by atoms with Crippen molar-refractivity contribution in [3.63, 3.8) is 0 Å². The molecular weight excluding hydrogens is 138 g/mol. The molecule has 0 rings (SSSR count). The van der Waals surface area contributed by atoms with Crippen molar-refractivity contribution in [2.75, 3.05) is 6.54 Å². The van der Waals surface area contributed by atoms with E-state index in [0.29, 0.717) is 25.0 Å². The second kappa shape index (κ2) is 5.60. The van der Waals surface area contributed by atoms with Gasteiger partial charge in [-0.25, -0.2) is 0 Å². The van der Waals surface area contributed by atoms with Gasteiger partial charge in [-0.15, -0.1) is 12.3 Å². The summed E-state index contributed by atoms with van der Waals surface area (Å²) in [4.78, 5) is 3.99. The van der Waals surface area contributed by atoms with Crippen LogP contribution >= 0.6 is 0 Å². The van der Waals surface area contributed by atoms with Gasteiger partial charge in [-0.05, 0) is 13.8 Å². The molecule has 0 aliphatic carbocycles. The maximum absolute atomic E-state index is 5.49. The molecule has 0 heterocycles. The monoisotopic (exact) mass is 153 g/mol. The normalized spacial score (nSPS) is 11.3. The van der Waals surface area contributed by atoms with Gasteiger partial charge in [0.15, 0.2) is 5.96 Å². The summed E-state index contributed by atoms with van der Waals surface area (Å²) in [6.45, 7) is 4.61. The zero-order valence-corrected chi connectivity index (χ0v) is 7.09. The lowest BCUT2D eigenvalue weighted by atomic mass is 10.4. The minimum atomic E-state index is 0.324. The van der Waals surface area contributed by atoms with E-state index in [1.807, 2.05) is 13.8 Å². The van der Waals surface area contributed by atoms with Crippen LogP contribution in [0, 0.1) is 12.3 Å². The van der Waals surface area contributed by atoms with Gasteiger partial charge >= 0.3 is 0 Å². The first kappa shape index (κ1) is 9.83. The zero-order valence-electron chi connectivity index (χ0n) is 7.09. The molecule has 0 aromatic heterocycles. The van der Waals surface area contributed by atoms with Crippen molar-refractivity contribution in [1.82, 2.24) is 5.32 Å². The zero-order chi connectivity index (χ0) is 8.69. The molecule has 62 valence electrons. The number of rotatable bonds is 3. The average molecular weight is 153 g/mol. The topological polar surface area (TPSA) is 50.4 Å². The summed E-state index contributed by atoms with van der Waals surface area (Å²) >= 11 is 0. The van der Waals surface area contributed by atoms with Crippen molar-refractivity contribution in [1.29, 1.82) is 0 Å². The van der Waals surface area contributed by atoms with E-state index in [-0.39, 0.29) is 0 Å². The number of hydrogen-bond donors (Lipinski definition) is 2. The van der Waals surface area contributed by atoms with E-state index < -0.39 is 0 Å².